The second kappa shape index (κ2) is 8.18. The third-order valence-corrected chi connectivity index (χ3v) is 4.35. The van der Waals surface area contributed by atoms with Crippen LogP contribution in [-0.2, 0) is 11.2 Å². The lowest BCUT2D eigenvalue weighted by Gasteiger charge is -2.25. The fourth-order valence-corrected chi connectivity index (χ4v) is 2.50. The van der Waals surface area contributed by atoms with E-state index in [4.69, 9.17) is 5.73 Å². The van der Waals surface area contributed by atoms with Crippen LogP contribution in [0, 0.1) is 5.41 Å². The molecule has 0 fully saturated rings. The maximum Gasteiger partial charge on any atom is 0.126 e. The molecule has 1 aromatic carbocycles. The highest BCUT2D eigenvalue weighted by Crippen LogP contribution is 2.30. The molecule has 0 radical (unpaired) electrons. The molecular formula is C17H27NO2. The van der Waals surface area contributed by atoms with Crippen molar-refractivity contribution in [2.24, 2.45) is 11.1 Å². The summed E-state index contributed by atoms with van der Waals surface area (Å²) in [6.07, 6.45) is 4.67. The molecule has 1 unspecified atom stereocenters. The Kier molecular flexibility index (Phi) is 6.89. The van der Waals surface area contributed by atoms with Gasteiger partial charge in [0.2, 0.25) is 0 Å². The number of rotatable bonds is 9. The molecule has 0 aliphatic heterocycles. The Morgan fingerprint density at radius 2 is 2.05 bits per heavy atom. The van der Waals surface area contributed by atoms with Crippen molar-refractivity contribution in [3.8, 4) is 0 Å². The molecule has 3 N–H and O–H groups in total. The maximum atomic E-state index is 11.3. The van der Waals surface area contributed by atoms with E-state index in [1.807, 2.05) is 18.2 Å². The summed E-state index contributed by atoms with van der Waals surface area (Å²) in [7, 11) is 0. The van der Waals surface area contributed by atoms with Crippen molar-refractivity contribution in [3.63, 3.8) is 0 Å². The predicted molar refractivity (Wildman–Crippen MR) is 82.5 cm³/mol. The Bertz CT molecular complexity index is 413. The summed E-state index contributed by atoms with van der Waals surface area (Å²) in [5, 5.41) is 9.98. The van der Waals surface area contributed by atoms with Gasteiger partial charge in [0.25, 0.3) is 0 Å². The van der Waals surface area contributed by atoms with Crippen LogP contribution in [0.25, 0.3) is 0 Å². The minimum Gasteiger partial charge on any atom is -0.388 e. The van der Waals surface area contributed by atoms with Gasteiger partial charge in [0.05, 0.1) is 6.10 Å². The number of hydrogen-bond acceptors (Lipinski definition) is 3. The van der Waals surface area contributed by atoms with Gasteiger partial charge in [-0.3, -0.25) is 0 Å². The average molecular weight is 277 g/mol. The van der Waals surface area contributed by atoms with Crippen molar-refractivity contribution >= 4 is 6.29 Å². The van der Waals surface area contributed by atoms with Gasteiger partial charge in [0.1, 0.15) is 6.29 Å². The summed E-state index contributed by atoms with van der Waals surface area (Å²) < 4.78 is 0. The molecule has 0 saturated carbocycles. The number of aryl methyl sites for hydroxylation is 1. The highest BCUT2D eigenvalue weighted by Gasteiger charge is 2.24. The third-order valence-electron chi connectivity index (χ3n) is 4.35. The second-order valence-corrected chi connectivity index (χ2v) is 5.53. The van der Waals surface area contributed by atoms with Gasteiger partial charge in [0, 0.05) is 5.41 Å². The molecule has 1 aromatic rings. The minimum absolute atomic E-state index is 0.203. The van der Waals surface area contributed by atoms with E-state index >= 15 is 0 Å². The molecule has 0 amide bonds. The average Bonchev–Trinajstić information content (AvgIpc) is 2.50. The van der Waals surface area contributed by atoms with Crippen LogP contribution >= 0.6 is 0 Å². The summed E-state index contributed by atoms with van der Waals surface area (Å²) in [6, 6.07) is 7.97. The molecule has 0 aliphatic rings. The normalized spacial score (nSPS) is 13.2. The first-order chi connectivity index (χ1) is 9.60. The first kappa shape index (κ1) is 16.9. The molecule has 1 rings (SSSR count). The first-order valence-corrected chi connectivity index (χ1v) is 7.54. The van der Waals surface area contributed by atoms with Gasteiger partial charge in [-0.15, -0.1) is 0 Å². The van der Waals surface area contributed by atoms with Crippen LogP contribution in [-0.4, -0.2) is 17.9 Å². The fourth-order valence-electron chi connectivity index (χ4n) is 2.50. The van der Waals surface area contributed by atoms with Gasteiger partial charge in [-0.1, -0.05) is 38.1 Å². The highest BCUT2D eigenvalue weighted by atomic mass is 16.3. The van der Waals surface area contributed by atoms with Crippen LogP contribution in [0.1, 0.15) is 56.8 Å². The van der Waals surface area contributed by atoms with Crippen molar-refractivity contribution in [3.05, 3.63) is 35.4 Å². The van der Waals surface area contributed by atoms with Crippen LogP contribution < -0.4 is 5.73 Å². The Balaban J connectivity index is 2.73. The Labute approximate surface area is 122 Å². The summed E-state index contributed by atoms with van der Waals surface area (Å²) in [5.74, 6) is 0. The molecule has 0 aromatic heterocycles. The Morgan fingerprint density at radius 1 is 1.35 bits per heavy atom. The SMILES string of the molecule is CCC(C=O)(CC)CCc1cccc(C(O)CCN)c1. The van der Waals surface area contributed by atoms with E-state index in [9.17, 15) is 9.90 Å². The van der Waals surface area contributed by atoms with Crippen LogP contribution in [0.4, 0.5) is 0 Å². The summed E-state index contributed by atoms with van der Waals surface area (Å²) in [6.45, 7) is 4.62. The van der Waals surface area contributed by atoms with Crippen molar-refractivity contribution in [2.75, 3.05) is 6.54 Å². The van der Waals surface area contributed by atoms with Crippen LogP contribution in [0.2, 0.25) is 0 Å². The van der Waals surface area contributed by atoms with Gasteiger partial charge in [-0.25, -0.2) is 0 Å². The van der Waals surface area contributed by atoms with Gasteiger partial charge in [0.15, 0.2) is 0 Å². The van der Waals surface area contributed by atoms with Crippen LogP contribution in [0.15, 0.2) is 24.3 Å². The zero-order valence-electron chi connectivity index (χ0n) is 12.6. The molecule has 20 heavy (non-hydrogen) atoms. The molecule has 0 heterocycles. The molecule has 0 aliphatic carbocycles. The number of aliphatic hydroxyl groups is 1. The number of aldehydes is 1. The monoisotopic (exact) mass is 277 g/mol. The lowest BCUT2D eigenvalue weighted by Crippen LogP contribution is -2.21. The lowest BCUT2D eigenvalue weighted by atomic mass is 9.79. The van der Waals surface area contributed by atoms with Crippen LogP contribution in [0.5, 0.6) is 0 Å². The van der Waals surface area contributed by atoms with E-state index < -0.39 is 6.10 Å². The number of benzene rings is 1. The van der Waals surface area contributed by atoms with Crippen molar-refractivity contribution in [2.45, 2.75) is 52.1 Å². The molecule has 1 atom stereocenters. The van der Waals surface area contributed by atoms with E-state index in [2.05, 4.69) is 19.9 Å². The number of aliphatic hydroxyl groups excluding tert-OH is 1. The molecule has 0 spiro atoms. The number of hydrogen-bond donors (Lipinski definition) is 2. The van der Waals surface area contributed by atoms with Crippen molar-refractivity contribution in [1.29, 1.82) is 0 Å². The van der Waals surface area contributed by atoms with Crippen LogP contribution in [0.3, 0.4) is 0 Å². The summed E-state index contributed by atoms with van der Waals surface area (Å²) in [5.41, 5.74) is 7.36. The zero-order valence-corrected chi connectivity index (χ0v) is 12.6. The Morgan fingerprint density at radius 3 is 2.60 bits per heavy atom. The lowest BCUT2D eigenvalue weighted by molar-refractivity contribution is -0.116. The molecule has 3 nitrogen and oxygen atoms in total. The molecule has 0 bridgehead atoms. The zero-order chi connectivity index (χ0) is 15.0. The van der Waals surface area contributed by atoms with Gasteiger partial charge in [-0.05, 0) is 49.8 Å². The topological polar surface area (TPSA) is 63.3 Å². The minimum atomic E-state index is -0.492. The molecule has 112 valence electrons. The highest BCUT2D eigenvalue weighted by molar-refractivity contribution is 5.59. The molecule has 3 heteroatoms. The van der Waals surface area contributed by atoms with Crippen molar-refractivity contribution < 1.29 is 9.90 Å². The Hall–Kier alpha value is -1.19. The van der Waals surface area contributed by atoms with E-state index in [0.29, 0.717) is 13.0 Å². The van der Waals surface area contributed by atoms with E-state index in [1.54, 1.807) is 0 Å². The summed E-state index contributed by atoms with van der Waals surface area (Å²) >= 11 is 0. The number of carbonyl (C=O) groups excluding carboxylic acids is 1. The quantitative estimate of drug-likeness (QED) is 0.682. The van der Waals surface area contributed by atoms with E-state index in [-0.39, 0.29) is 5.41 Å². The van der Waals surface area contributed by atoms with Gasteiger partial charge in [-0.2, -0.15) is 0 Å². The van der Waals surface area contributed by atoms with E-state index in [0.717, 1.165) is 37.5 Å². The van der Waals surface area contributed by atoms with E-state index in [1.165, 1.54) is 5.56 Å². The number of nitrogens with two attached hydrogens (primary N) is 1. The van der Waals surface area contributed by atoms with Gasteiger partial charge < -0.3 is 15.6 Å². The molecular weight excluding hydrogens is 250 g/mol. The van der Waals surface area contributed by atoms with Gasteiger partial charge >= 0.3 is 0 Å². The van der Waals surface area contributed by atoms with Crippen molar-refractivity contribution in [1.82, 2.24) is 0 Å². The predicted octanol–water partition coefficient (Wildman–Crippen LogP) is 3.01. The smallest absolute Gasteiger partial charge is 0.126 e. The largest absolute Gasteiger partial charge is 0.388 e. The standard InChI is InChI=1S/C17H27NO2/c1-3-17(4-2,13-19)10-8-14-6-5-7-15(12-14)16(20)9-11-18/h5-7,12-13,16,20H,3-4,8-11,18H2,1-2H3. The molecule has 0 saturated heterocycles. The number of carbonyl (C=O) groups is 1. The summed E-state index contributed by atoms with van der Waals surface area (Å²) in [4.78, 5) is 11.3. The second-order valence-electron chi connectivity index (χ2n) is 5.53. The first-order valence-electron chi connectivity index (χ1n) is 7.54. The fraction of sp³-hybridized carbons (Fsp3) is 0.588. The maximum absolute atomic E-state index is 11.3. The third kappa shape index (κ3) is 4.43.